The number of anilines is 1. The molecule has 0 heterocycles. The van der Waals surface area contributed by atoms with Crippen LogP contribution in [0.1, 0.15) is 24.2 Å². The molecule has 0 aliphatic heterocycles. The molecule has 0 radical (unpaired) electrons. The molecule has 0 aliphatic rings. The molecule has 0 aromatic heterocycles. The highest BCUT2D eigenvalue weighted by Crippen LogP contribution is 2.24. The Bertz CT molecular complexity index is 880. The van der Waals surface area contributed by atoms with Crippen molar-refractivity contribution in [2.45, 2.75) is 18.7 Å². The number of carbonyl (C=O) groups excluding carboxylic acids is 1. The van der Waals surface area contributed by atoms with E-state index in [4.69, 9.17) is 11.6 Å². The Morgan fingerprint density at radius 1 is 1.16 bits per heavy atom. The van der Waals surface area contributed by atoms with Gasteiger partial charge in [-0.15, -0.1) is 0 Å². The first-order chi connectivity index (χ1) is 11.8. The van der Waals surface area contributed by atoms with Crippen LogP contribution in [0.25, 0.3) is 0 Å². The highest BCUT2D eigenvalue weighted by molar-refractivity contribution is 7.89. The molecule has 25 heavy (non-hydrogen) atoms. The maximum Gasteiger partial charge on any atom is 0.257 e. The Balaban J connectivity index is 2.37. The molecule has 0 bridgehead atoms. The first kappa shape index (κ1) is 19.2. The van der Waals surface area contributed by atoms with Gasteiger partial charge < -0.3 is 10.4 Å². The number of phenols is 1. The van der Waals surface area contributed by atoms with Crippen LogP contribution in [0.3, 0.4) is 0 Å². The number of hydrogen-bond donors (Lipinski definition) is 2. The topological polar surface area (TPSA) is 86.7 Å². The quantitative estimate of drug-likeness (QED) is 0.802. The minimum Gasteiger partial charge on any atom is -0.508 e. The minimum absolute atomic E-state index is 0.00154. The molecule has 0 atom stereocenters. The number of nitrogens with zero attached hydrogens (tertiary/aromatic N) is 1. The highest BCUT2D eigenvalue weighted by Gasteiger charge is 2.23. The molecular weight excluding hydrogens is 364 g/mol. The number of hydrogen-bond acceptors (Lipinski definition) is 4. The summed E-state index contributed by atoms with van der Waals surface area (Å²) in [7, 11) is -3.70. The molecule has 8 heteroatoms. The maximum absolute atomic E-state index is 12.6. The number of sulfonamides is 1. The van der Waals surface area contributed by atoms with Crippen molar-refractivity contribution in [1.29, 1.82) is 0 Å². The zero-order valence-corrected chi connectivity index (χ0v) is 15.4. The Kier molecular flexibility index (Phi) is 6.05. The lowest BCUT2D eigenvalue weighted by Crippen LogP contribution is -2.30. The number of phenolic OH excluding ortho intramolecular Hbond substituents is 1. The molecule has 0 spiro atoms. The normalized spacial score (nSPS) is 11.5. The van der Waals surface area contributed by atoms with Gasteiger partial charge in [0.2, 0.25) is 10.0 Å². The summed E-state index contributed by atoms with van der Waals surface area (Å²) in [5, 5.41) is 12.2. The second-order valence-electron chi connectivity index (χ2n) is 5.24. The number of halogens is 1. The van der Waals surface area contributed by atoms with Crippen LogP contribution >= 0.6 is 11.6 Å². The van der Waals surface area contributed by atoms with Crippen molar-refractivity contribution < 1.29 is 18.3 Å². The van der Waals surface area contributed by atoms with Gasteiger partial charge in [-0.3, -0.25) is 4.79 Å². The van der Waals surface area contributed by atoms with Crippen LogP contribution < -0.4 is 5.32 Å². The SMILES string of the molecule is CCN(CC)S(=O)(=O)c1ccc(Cl)c(C(=O)Nc2cccc(O)c2)c1. The zero-order chi connectivity index (χ0) is 18.6. The van der Waals surface area contributed by atoms with E-state index in [1.165, 1.54) is 34.6 Å². The Morgan fingerprint density at radius 3 is 2.44 bits per heavy atom. The lowest BCUT2D eigenvalue weighted by molar-refractivity contribution is 0.102. The first-order valence-electron chi connectivity index (χ1n) is 7.69. The third-order valence-electron chi connectivity index (χ3n) is 3.63. The fourth-order valence-electron chi connectivity index (χ4n) is 2.33. The first-order valence-corrected chi connectivity index (χ1v) is 9.51. The summed E-state index contributed by atoms with van der Waals surface area (Å²) in [5.74, 6) is -0.561. The van der Waals surface area contributed by atoms with Crippen LogP contribution in [-0.2, 0) is 10.0 Å². The molecule has 2 aromatic carbocycles. The van der Waals surface area contributed by atoms with E-state index in [0.29, 0.717) is 18.8 Å². The third kappa shape index (κ3) is 4.31. The van der Waals surface area contributed by atoms with Gasteiger partial charge in [0, 0.05) is 24.8 Å². The third-order valence-corrected chi connectivity index (χ3v) is 6.01. The fourth-order valence-corrected chi connectivity index (χ4v) is 4.02. The summed E-state index contributed by atoms with van der Waals surface area (Å²) in [6.45, 7) is 4.14. The van der Waals surface area contributed by atoms with Crippen molar-refractivity contribution >= 4 is 33.2 Å². The van der Waals surface area contributed by atoms with Gasteiger partial charge in [0.1, 0.15) is 5.75 Å². The summed E-state index contributed by atoms with van der Waals surface area (Å²) in [5.41, 5.74) is 0.413. The molecule has 6 nitrogen and oxygen atoms in total. The summed E-state index contributed by atoms with van der Waals surface area (Å²) in [6.07, 6.45) is 0. The van der Waals surface area contributed by atoms with Crippen molar-refractivity contribution in [1.82, 2.24) is 4.31 Å². The van der Waals surface area contributed by atoms with E-state index in [1.54, 1.807) is 26.0 Å². The smallest absolute Gasteiger partial charge is 0.257 e. The van der Waals surface area contributed by atoms with Gasteiger partial charge in [-0.05, 0) is 30.3 Å². The van der Waals surface area contributed by atoms with Crippen molar-refractivity contribution in [3.8, 4) is 5.75 Å². The maximum atomic E-state index is 12.6. The van der Waals surface area contributed by atoms with Gasteiger partial charge in [-0.2, -0.15) is 4.31 Å². The van der Waals surface area contributed by atoms with E-state index in [9.17, 15) is 18.3 Å². The molecule has 0 fully saturated rings. The molecule has 2 N–H and O–H groups in total. The standard InChI is InChI=1S/C17H19ClN2O4S/c1-3-20(4-2)25(23,24)14-8-9-16(18)15(11-14)17(22)19-12-6-5-7-13(21)10-12/h5-11,21H,3-4H2,1-2H3,(H,19,22). The fraction of sp³-hybridized carbons (Fsp3) is 0.235. The summed E-state index contributed by atoms with van der Waals surface area (Å²) < 4.78 is 26.5. The second kappa shape index (κ2) is 7.86. The van der Waals surface area contributed by atoms with Gasteiger partial charge >= 0.3 is 0 Å². The average molecular weight is 383 g/mol. The van der Waals surface area contributed by atoms with Crippen LogP contribution in [0.2, 0.25) is 5.02 Å². The molecule has 1 amide bonds. The van der Waals surface area contributed by atoms with E-state index in [0.717, 1.165) is 0 Å². The van der Waals surface area contributed by atoms with E-state index in [1.807, 2.05) is 0 Å². The Morgan fingerprint density at radius 2 is 1.84 bits per heavy atom. The second-order valence-corrected chi connectivity index (χ2v) is 7.58. The van der Waals surface area contributed by atoms with E-state index in [2.05, 4.69) is 5.32 Å². The molecular formula is C17H19ClN2O4S. The van der Waals surface area contributed by atoms with Gasteiger partial charge in [0.05, 0.1) is 15.5 Å². The van der Waals surface area contributed by atoms with Gasteiger partial charge in [-0.25, -0.2) is 8.42 Å². The van der Waals surface area contributed by atoms with Crippen LogP contribution in [0.5, 0.6) is 5.75 Å². The lowest BCUT2D eigenvalue weighted by Gasteiger charge is -2.19. The van der Waals surface area contributed by atoms with E-state index in [-0.39, 0.29) is 21.2 Å². The van der Waals surface area contributed by atoms with Crippen LogP contribution in [-0.4, -0.2) is 36.8 Å². The minimum atomic E-state index is -3.70. The van der Waals surface area contributed by atoms with Gasteiger partial charge in [-0.1, -0.05) is 31.5 Å². The van der Waals surface area contributed by atoms with Crippen molar-refractivity contribution in [3.63, 3.8) is 0 Å². The van der Waals surface area contributed by atoms with Crippen LogP contribution in [0, 0.1) is 0 Å². The number of nitrogens with one attached hydrogen (secondary N) is 1. The molecule has 134 valence electrons. The van der Waals surface area contributed by atoms with Crippen LogP contribution in [0.4, 0.5) is 5.69 Å². The van der Waals surface area contributed by atoms with Gasteiger partial charge in [0.15, 0.2) is 0 Å². The van der Waals surface area contributed by atoms with Gasteiger partial charge in [0.25, 0.3) is 5.91 Å². The average Bonchev–Trinajstić information content (AvgIpc) is 2.55. The lowest BCUT2D eigenvalue weighted by atomic mass is 10.2. The number of amides is 1. The zero-order valence-electron chi connectivity index (χ0n) is 13.9. The van der Waals surface area contributed by atoms with E-state index >= 15 is 0 Å². The van der Waals surface area contributed by atoms with Crippen LogP contribution in [0.15, 0.2) is 47.4 Å². The van der Waals surface area contributed by atoms with Crippen molar-refractivity contribution in [2.24, 2.45) is 0 Å². The molecule has 0 saturated heterocycles. The van der Waals surface area contributed by atoms with E-state index < -0.39 is 15.9 Å². The summed E-state index contributed by atoms with van der Waals surface area (Å²) >= 11 is 6.07. The largest absolute Gasteiger partial charge is 0.508 e. The molecule has 0 aliphatic carbocycles. The predicted octanol–water partition coefficient (Wildman–Crippen LogP) is 3.33. The summed E-state index contributed by atoms with van der Waals surface area (Å²) in [6, 6.07) is 10.0. The molecule has 2 rings (SSSR count). The number of benzene rings is 2. The van der Waals surface area contributed by atoms with Crippen molar-refractivity contribution in [2.75, 3.05) is 18.4 Å². The molecule has 0 saturated carbocycles. The molecule has 2 aromatic rings. The summed E-state index contributed by atoms with van der Waals surface area (Å²) in [4.78, 5) is 12.5. The number of rotatable bonds is 6. The number of carbonyl (C=O) groups is 1. The number of aromatic hydroxyl groups is 1. The highest BCUT2D eigenvalue weighted by atomic mass is 35.5. The monoisotopic (exact) mass is 382 g/mol. The Hall–Kier alpha value is -2.09. The molecule has 0 unspecified atom stereocenters. The predicted molar refractivity (Wildman–Crippen MR) is 97.6 cm³/mol. The van der Waals surface area contributed by atoms with Crippen molar-refractivity contribution in [3.05, 3.63) is 53.1 Å². The Labute approximate surface area is 152 Å².